The van der Waals surface area contributed by atoms with Crippen molar-refractivity contribution < 1.29 is 9.59 Å². The fourth-order valence-electron chi connectivity index (χ4n) is 3.99. The molecule has 1 aromatic heterocycles. The first-order chi connectivity index (χ1) is 13.9. The van der Waals surface area contributed by atoms with Crippen molar-refractivity contribution in [2.75, 3.05) is 6.54 Å². The maximum Gasteiger partial charge on any atom is 0.318 e. The number of fused-ring (bicyclic) bond motifs is 1. The number of rotatable bonds is 4. The van der Waals surface area contributed by atoms with Gasteiger partial charge in [-0.05, 0) is 31.4 Å². The molecule has 1 aromatic carbocycles. The Balaban J connectivity index is 1.61. The lowest BCUT2D eigenvalue weighted by Gasteiger charge is -2.42. The first-order valence-corrected chi connectivity index (χ1v) is 9.90. The summed E-state index contributed by atoms with van der Waals surface area (Å²) >= 11 is 6.09. The van der Waals surface area contributed by atoms with Gasteiger partial charge in [0.2, 0.25) is 0 Å². The van der Waals surface area contributed by atoms with Gasteiger partial charge in [-0.2, -0.15) is 10.4 Å². The van der Waals surface area contributed by atoms with E-state index in [1.54, 1.807) is 27.8 Å². The number of hydrogen-bond donors (Lipinski definition) is 2. The van der Waals surface area contributed by atoms with Crippen LogP contribution in [0.2, 0.25) is 5.02 Å². The molecule has 1 aliphatic carbocycles. The molecule has 0 bridgehead atoms. The van der Waals surface area contributed by atoms with Crippen LogP contribution in [0.15, 0.2) is 24.3 Å². The zero-order valence-electron chi connectivity index (χ0n) is 15.8. The van der Waals surface area contributed by atoms with Gasteiger partial charge in [0.15, 0.2) is 0 Å². The van der Waals surface area contributed by atoms with Crippen LogP contribution >= 0.6 is 11.6 Å². The fraction of sp³-hybridized carbons (Fsp3) is 0.400. The number of urea groups is 1. The van der Waals surface area contributed by atoms with Crippen molar-refractivity contribution in [2.24, 2.45) is 5.73 Å². The Morgan fingerprint density at radius 3 is 2.76 bits per heavy atom. The second-order valence-corrected chi connectivity index (χ2v) is 8.02. The van der Waals surface area contributed by atoms with E-state index in [4.69, 9.17) is 22.6 Å². The molecule has 0 unspecified atom stereocenters. The number of nitrogens with two attached hydrogens (primary N) is 1. The summed E-state index contributed by atoms with van der Waals surface area (Å²) in [5, 5.41) is 17.2. The molecule has 0 atom stereocenters. The molecule has 9 heteroatoms. The van der Waals surface area contributed by atoms with Crippen LogP contribution in [-0.2, 0) is 13.1 Å². The topological polar surface area (TPSA) is 117 Å². The minimum atomic E-state index is -0.594. The molecule has 0 saturated heterocycles. The Kier molecular flexibility index (Phi) is 4.92. The summed E-state index contributed by atoms with van der Waals surface area (Å²) in [4.78, 5) is 26.7. The van der Waals surface area contributed by atoms with Gasteiger partial charge >= 0.3 is 6.03 Å². The van der Waals surface area contributed by atoms with Crippen molar-refractivity contribution in [1.29, 1.82) is 5.26 Å². The standard InChI is InChI=1S/C20H21ClN6O2/c21-14-4-1-3-13(11-14)17-16(18(23)28)15-12-26(9-10-27(15)25-17)19(29)24-20(7-8-22)5-2-6-20/h1,3-4,11H,2,5-7,9-10,12H2,(H2,23,28)(H,24,29). The molecular formula is C20H21ClN6O2. The largest absolute Gasteiger partial charge is 0.365 e. The molecule has 0 radical (unpaired) electrons. The van der Waals surface area contributed by atoms with Gasteiger partial charge in [0, 0.05) is 17.1 Å². The second kappa shape index (κ2) is 7.41. The molecule has 3 N–H and O–H groups in total. The third-order valence-electron chi connectivity index (χ3n) is 5.71. The minimum Gasteiger partial charge on any atom is -0.365 e. The van der Waals surface area contributed by atoms with Crippen LogP contribution in [0, 0.1) is 11.3 Å². The van der Waals surface area contributed by atoms with Gasteiger partial charge in [-0.15, -0.1) is 0 Å². The zero-order chi connectivity index (χ0) is 20.6. The number of halogens is 1. The lowest BCUT2D eigenvalue weighted by Crippen LogP contribution is -2.57. The maximum atomic E-state index is 12.8. The van der Waals surface area contributed by atoms with Gasteiger partial charge < -0.3 is 16.0 Å². The third-order valence-corrected chi connectivity index (χ3v) is 5.95. The van der Waals surface area contributed by atoms with Gasteiger partial charge in [-0.1, -0.05) is 23.7 Å². The number of amides is 3. The van der Waals surface area contributed by atoms with E-state index >= 15 is 0 Å². The Labute approximate surface area is 173 Å². The molecular weight excluding hydrogens is 392 g/mol. The maximum absolute atomic E-state index is 12.8. The Hall–Kier alpha value is -3.05. The predicted molar refractivity (Wildman–Crippen MR) is 107 cm³/mol. The molecule has 2 aromatic rings. The van der Waals surface area contributed by atoms with E-state index in [0.717, 1.165) is 19.3 Å². The normalized spacial score (nSPS) is 17.0. The van der Waals surface area contributed by atoms with Gasteiger partial charge in [-0.3, -0.25) is 9.48 Å². The quantitative estimate of drug-likeness (QED) is 0.802. The number of nitriles is 1. The summed E-state index contributed by atoms with van der Waals surface area (Å²) in [6, 6.07) is 9.02. The average molecular weight is 413 g/mol. The molecule has 29 heavy (non-hydrogen) atoms. The summed E-state index contributed by atoms with van der Waals surface area (Å²) in [6.45, 7) is 1.13. The molecule has 3 amide bonds. The van der Waals surface area contributed by atoms with Gasteiger partial charge in [0.1, 0.15) is 5.69 Å². The molecule has 1 saturated carbocycles. The second-order valence-electron chi connectivity index (χ2n) is 7.59. The van der Waals surface area contributed by atoms with Crippen molar-refractivity contribution in [3.05, 3.63) is 40.5 Å². The highest BCUT2D eigenvalue weighted by Crippen LogP contribution is 2.35. The van der Waals surface area contributed by atoms with Gasteiger partial charge in [0.05, 0.1) is 42.4 Å². The van der Waals surface area contributed by atoms with Crippen molar-refractivity contribution >= 4 is 23.5 Å². The molecule has 8 nitrogen and oxygen atoms in total. The van der Waals surface area contributed by atoms with Crippen LogP contribution in [0.25, 0.3) is 11.3 Å². The van der Waals surface area contributed by atoms with Crippen molar-refractivity contribution in [2.45, 2.75) is 44.3 Å². The summed E-state index contributed by atoms with van der Waals surface area (Å²) < 4.78 is 1.73. The highest BCUT2D eigenvalue weighted by molar-refractivity contribution is 6.30. The van der Waals surface area contributed by atoms with E-state index in [1.807, 2.05) is 6.07 Å². The van der Waals surface area contributed by atoms with Gasteiger partial charge in [-0.25, -0.2) is 4.79 Å². The van der Waals surface area contributed by atoms with Crippen molar-refractivity contribution in [3.8, 4) is 17.3 Å². The molecule has 2 heterocycles. The lowest BCUT2D eigenvalue weighted by atomic mass is 9.75. The third kappa shape index (κ3) is 3.54. The molecule has 1 aliphatic heterocycles. The first kappa shape index (κ1) is 19.3. The summed E-state index contributed by atoms with van der Waals surface area (Å²) in [5.41, 5.74) is 7.33. The lowest BCUT2D eigenvalue weighted by molar-refractivity contribution is 0.0996. The number of nitrogens with one attached hydrogen (secondary N) is 1. The number of carbonyl (C=O) groups is 2. The number of carbonyl (C=O) groups excluding carboxylic acids is 2. The number of benzene rings is 1. The van der Waals surface area contributed by atoms with Crippen LogP contribution < -0.4 is 11.1 Å². The highest BCUT2D eigenvalue weighted by Gasteiger charge is 2.40. The predicted octanol–water partition coefficient (Wildman–Crippen LogP) is 2.66. The molecule has 2 aliphatic rings. The van der Waals surface area contributed by atoms with Crippen LogP contribution in [0.5, 0.6) is 0 Å². The Morgan fingerprint density at radius 1 is 1.34 bits per heavy atom. The monoisotopic (exact) mass is 412 g/mol. The number of nitrogens with zero attached hydrogens (tertiary/aromatic N) is 4. The van der Waals surface area contributed by atoms with E-state index in [9.17, 15) is 9.59 Å². The molecule has 0 spiro atoms. The fourth-order valence-corrected chi connectivity index (χ4v) is 4.18. The first-order valence-electron chi connectivity index (χ1n) is 9.52. The average Bonchev–Trinajstić information content (AvgIpc) is 3.05. The van der Waals surface area contributed by atoms with Crippen LogP contribution in [0.3, 0.4) is 0 Å². The number of hydrogen-bond acceptors (Lipinski definition) is 4. The minimum absolute atomic E-state index is 0.223. The number of aromatic nitrogens is 2. The Bertz CT molecular complexity index is 1020. The zero-order valence-corrected chi connectivity index (χ0v) is 16.6. The van der Waals surface area contributed by atoms with E-state index in [-0.39, 0.29) is 12.6 Å². The van der Waals surface area contributed by atoms with Crippen LogP contribution in [-0.4, -0.2) is 38.7 Å². The van der Waals surface area contributed by atoms with Crippen molar-refractivity contribution in [3.63, 3.8) is 0 Å². The highest BCUT2D eigenvalue weighted by atomic mass is 35.5. The summed E-state index contributed by atoms with van der Waals surface area (Å²) in [7, 11) is 0. The SMILES string of the molecule is N#CCC1(NC(=O)N2CCn3nc(-c4cccc(Cl)c4)c(C(N)=O)c3C2)CCC1. The molecule has 4 rings (SSSR count). The van der Waals surface area contributed by atoms with E-state index in [1.165, 1.54) is 0 Å². The van der Waals surface area contributed by atoms with Gasteiger partial charge in [0.25, 0.3) is 5.91 Å². The van der Waals surface area contributed by atoms with E-state index in [2.05, 4.69) is 16.5 Å². The van der Waals surface area contributed by atoms with E-state index in [0.29, 0.717) is 47.0 Å². The number of primary amides is 1. The molecule has 150 valence electrons. The summed E-state index contributed by atoms with van der Waals surface area (Å²) in [5.74, 6) is -0.594. The van der Waals surface area contributed by atoms with Crippen LogP contribution in [0.4, 0.5) is 4.79 Å². The molecule has 1 fully saturated rings. The smallest absolute Gasteiger partial charge is 0.318 e. The summed E-state index contributed by atoms with van der Waals surface area (Å²) in [6.07, 6.45) is 2.92. The van der Waals surface area contributed by atoms with Crippen molar-refractivity contribution in [1.82, 2.24) is 20.0 Å². The van der Waals surface area contributed by atoms with E-state index < -0.39 is 11.4 Å². The Morgan fingerprint density at radius 2 is 2.14 bits per heavy atom. The van der Waals surface area contributed by atoms with Crippen LogP contribution in [0.1, 0.15) is 41.7 Å².